The van der Waals surface area contributed by atoms with Gasteiger partial charge in [-0.25, -0.2) is 8.42 Å². The number of hydrogen-bond acceptors (Lipinski definition) is 3. The molecule has 2 bridgehead atoms. The summed E-state index contributed by atoms with van der Waals surface area (Å²) in [5.41, 5.74) is 0. The zero-order valence-electron chi connectivity index (χ0n) is 11.3. The molecule has 0 aromatic heterocycles. The van der Waals surface area contributed by atoms with Crippen LogP contribution >= 0.6 is 0 Å². The van der Waals surface area contributed by atoms with Gasteiger partial charge in [-0.3, -0.25) is 0 Å². The molecule has 1 aliphatic carbocycles. The molecule has 1 saturated heterocycles. The van der Waals surface area contributed by atoms with E-state index < -0.39 is 10.0 Å². The van der Waals surface area contributed by atoms with Crippen LogP contribution in [0.4, 0.5) is 0 Å². The number of ether oxygens (including phenoxy) is 1. The van der Waals surface area contributed by atoms with E-state index in [0.29, 0.717) is 24.0 Å². The van der Waals surface area contributed by atoms with Gasteiger partial charge in [-0.05, 0) is 25.0 Å². The maximum Gasteiger partial charge on any atom is 0.243 e. The third kappa shape index (κ3) is 2.20. The van der Waals surface area contributed by atoms with E-state index in [1.54, 1.807) is 34.6 Å². The summed E-state index contributed by atoms with van der Waals surface area (Å²) in [4.78, 5) is 0.370. The van der Waals surface area contributed by atoms with E-state index >= 15 is 0 Å². The van der Waals surface area contributed by atoms with Gasteiger partial charge in [0.05, 0.1) is 23.6 Å². The molecule has 0 spiro atoms. The lowest BCUT2D eigenvalue weighted by molar-refractivity contribution is 0.0529. The van der Waals surface area contributed by atoms with Crippen LogP contribution in [-0.4, -0.2) is 38.0 Å². The van der Waals surface area contributed by atoms with Gasteiger partial charge in [0.25, 0.3) is 0 Å². The smallest absolute Gasteiger partial charge is 0.243 e. The molecule has 0 amide bonds. The highest BCUT2D eigenvalue weighted by Gasteiger charge is 2.52. The van der Waals surface area contributed by atoms with Gasteiger partial charge in [-0.15, -0.1) is 6.58 Å². The van der Waals surface area contributed by atoms with Gasteiger partial charge in [0.15, 0.2) is 0 Å². The Kier molecular flexibility index (Phi) is 3.67. The molecule has 1 aromatic rings. The maximum absolute atomic E-state index is 12.7. The second-order valence-corrected chi connectivity index (χ2v) is 7.27. The number of piperidine rings is 1. The largest absolute Gasteiger partial charge is 0.372 e. The second kappa shape index (κ2) is 5.31. The molecular weight excluding hydrogens is 274 g/mol. The maximum atomic E-state index is 12.7. The second-order valence-electron chi connectivity index (χ2n) is 5.38. The number of hydrogen-bond donors (Lipinski definition) is 0. The Morgan fingerprint density at radius 3 is 2.75 bits per heavy atom. The van der Waals surface area contributed by atoms with Crippen molar-refractivity contribution in [2.24, 2.45) is 5.92 Å². The number of sulfonamides is 1. The van der Waals surface area contributed by atoms with Crippen molar-refractivity contribution in [2.75, 3.05) is 13.2 Å². The zero-order chi connectivity index (χ0) is 14.2. The average Bonchev–Trinajstić information content (AvgIpc) is 3.03. The van der Waals surface area contributed by atoms with E-state index in [1.807, 2.05) is 6.07 Å². The molecule has 3 atom stereocenters. The van der Waals surface area contributed by atoms with Crippen molar-refractivity contribution in [2.45, 2.75) is 29.9 Å². The van der Waals surface area contributed by atoms with E-state index in [9.17, 15) is 8.42 Å². The third-order valence-electron chi connectivity index (χ3n) is 4.22. The van der Waals surface area contributed by atoms with Gasteiger partial charge in [-0.1, -0.05) is 24.3 Å². The van der Waals surface area contributed by atoms with Gasteiger partial charge >= 0.3 is 0 Å². The molecule has 0 unspecified atom stereocenters. The van der Waals surface area contributed by atoms with E-state index in [-0.39, 0.29) is 12.1 Å². The highest BCUT2D eigenvalue weighted by molar-refractivity contribution is 7.89. The first-order chi connectivity index (χ1) is 9.64. The molecule has 0 radical (unpaired) electrons. The van der Waals surface area contributed by atoms with Crippen LogP contribution in [0.5, 0.6) is 0 Å². The molecule has 108 valence electrons. The van der Waals surface area contributed by atoms with Crippen molar-refractivity contribution in [1.29, 1.82) is 0 Å². The Morgan fingerprint density at radius 2 is 2.05 bits per heavy atom. The fraction of sp³-hybridized carbons (Fsp3) is 0.467. The first-order valence-electron chi connectivity index (χ1n) is 6.94. The minimum absolute atomic E-state index is 0.0199. The molecule has 2 fully saturated rings. The zero-order valence-corrected chi connectivity index (χ0v) is 12.1. The van der Waals surface area contributed by atoms with Crippen LogP contribution in [0, 0.1) is 5.92 Å². The Labute approximate surface area is 120 Å². The first kappa shape index (κ1) is 13.8. The molecule has 2 aliphatic rings. The van der Waals surface area contributed by atoms with Crippen molar-refractivity contribution >= 4 is 10.0 Å². The predicted molar refractivity (Wildman–Crippen MR) is 76.8 cm³/mol. The van der Waals surface area contributed by atoms with Crippen LogP contribution in [-0.2, 0) is 14.8 Å². The number of nitrogens with zero attached hydrogens (tertiary/aromatic N) is 1. The van der Waals surface area contributed by atoms with Gasteiger partial charge in [0.2, 0.25) is 10.0 Å². The summed E-state index contributed by atoms with van der Waals surface area (Å²) in [6, 6.07) is 8.62. The Hall–Kier alpha value is -1.17. The molecule has 1 saturated carbocycles. The van der Waals surface area contributed by atoms with Crippen molar-refractivity contribution in [1.82, 2.24) is 4.31 Å². The van der Waals surface area contributed by atoms with Crippen molar-refractivity contribution < 1.29 is 13.2 Å². The Morgan fingerprint density at radius 1 is 1.30 bits per heavy atom. The quantitative estimate of drug-likeness (QED) is 0.781. The minimum atomic E-state index is -3.40. The lowest BCUT2D eigenvalue weighted by Gasteiger charge is -2.26. The summed E-state index contributed by atoms with van der Waals surface area (Å²) in [5, 5.41) is 0. The molecule has 1 aliphatic heterocycles. The van der Waals surface area contributed by atoms with Crippen molar-refractivity contribution in [3.05, 3.63) is 43.0 Å². The molecule has 5 heteroatoms. The normalized spacial score (nSPS) is 29.7. The third-order valence-corrected chi connectivity index (χ3v) is 6.12. The van der Waals surface area contributed by atoms with E-state index in [2.05, 4.69) is 6.58 Å². The van der Waals surface area contributed by atoms with Crippen molar-refractivity contribution in [3.8, 4) is 0 Å². The summed E-state index contributed by atoms with van der Waals surface area (Å²) in [5.74, 6) is 0.318. The standard InChI is InChI=1S/C15H19NO3S/c1-2-10-19-15-12-8-9-14(15)16(11-12)20(17,18)13-6-4-3-5-7-13/h2-7,12,14-15H,1,8-11H2/t12-,14+,15+/m0/s1. The van der Waals surface area contributed by atoms with Crippen LogP contribution in [0.25, 0.3) is 0 Å². The van der Waals surface area contributed by atoms with Crippen LogP contribution in [0.15, 0.2) is 47.9 Å². The van der Waals surface area contributed by atoms with Crippen LogP contribution in [0.1, 0.15) is 12.8 Å². The Balaban J connectivity index is 1.84. The summed E-state index contributed by atoms with van der Waals surface area (Å²) >= 11 is 0. The number of fused-ring (bicyclic) bond motifs is 2. The van der Waals surface area contributed by atoms with E-state index in [4.69, 9.17) is 4.74 Å². The van der Waals surface area contributed by atoms with Crippen LogP contribution in [0.2, 0.25) is 0 Å². The summed E-state index contributed by atoms with van der Waals surface area (Å²) in [7, 11) is -3.40. The van der Waals surface area contributed by atoms with Gasteiger partial charge < -0.3 is 4.74 Å². The monoisotopic (exact) mass is 293 g/mol. The van der Waals surface area contributed by atoms with Crippen molar-refractivity contribution in [3.63, 3.8) is 0 Å². The minimum Gasteiger partial charge on any atom is -0.372 e. The first-order valence-corrected chi connectivity index (χ1v) is 8.38. The SMILES string of the molecule is C=CCO[C@@H]1[C@H]2CC[C@H]1N(S(=O)(=O)c1ccccc1)C2. The average molecular weight is 293 g/mol. The highest BCUT2D eigenvalue weighted by Crippen LogP contribution is 2.42. The molecule has 20 heavy (non-hydrogen) atoms. The van der Waals surface area contributed by atoms with Gasteiger partial charge in [0.1, 0.15) is 0 Å². The number of rotatable bonds is 5. The van der Waals surface area contributed by atoms with Crippen LogP contribution < -0.4 is 0 Å². The predicted octanol–water partition coefficient (Wildman–Crippen LogP) is 2.04. The highest BCUT2D eigenvalue weighted by atomic mass is 32.2. The Bertz CT molecular complexity index is 584. The fourth-order valence-corrected chi connectivity index (χ4v) is 5.07. The molecule has 0 N–H and O–H groups in total. The van der Waals surface area contributed by atoms with Crippen LogP contribution in [0.3, 0.4) is 0 Å². The topological polar surface area (TPSA) is 46.6 Å². The fourth-order valence-electron chi connectivity index (χ4n) is 3.33. The van der Waals surface area contributed by atoms with E-state index in [0.717, 1.165) is 12.8 Å². The molecule has 4 nitrogen and oxygen atoms in total. The molecule has 1 heterocycles. The molecule has 3 rings (SSSR count). The van der Waals surface area contributed by atoms with Gasteiger partial charge in [0, 0.05) is 12.5 Å². The lowest BCUT2D eigenvalue weighted by atomic mass is 10.1. The van der Waals surface area contributed by atoms with E-state index in [1.165, 1.54) is 0 Å². The molecule has 1 aromatic carbocycles. The summed E-state index contributed by atoms with van der Waals surface area (Å²) < 4.78 is 32.8. The molecular formula is C15H19NO3S. The number of benzene rings is 1. The summed E-state index contributed by atoms with van der Waals surface area (Å²) in [6.07, 6.45) is 3.67. The summed E-state index contributed by atoms with van der Waals surface area (Å²) in [6.45, 7) is 4.71. The van der Waals surface area contributed by atoms with Gasteiger partial charge in [-0.2, -0.15) is 4.31 Å². The lowest BCUT2D eigenvalue weighted by Crippen LogP contribution is -2.39.